The maximum absolute atomic E-state index is 12.9. The van der Waals surface area contributed by atoms with Crippen LogP contribution in [0.5, 0.6) is 5.75 Å². The highest BCUT2D eigenvalue weighted by Crippen LogP contribution is 2.36. The van der Waals surface area contributed by atoms with Gasteiger partial charge in [0.05, 0.1) is 10.6 Å². The van der Waals surface area contributed by atoms with Crippen LogP contribution >= 0.6 is 11.6 Å². The minimum absolute atomic E-state index is 0.00915. The molecule has 1 saturated heterocycles. The lowest BCUT2D eigenvalue weighted by Gasteiger charge is -2.14. The van der Waals surface area contributed by atoms with Crippen LogP contribution in [0.2, 0.25) is 5.02 Å². The van der Waals surface area contributed by atoms with E-state index in [0.29, 0.717) is 11.4 Å². The van der Waals surface area contributed by atoms with E-state index in [1.807, 2.05) is 0 Å². The van der Waals surface area contributed by atoms with Crippen LogP contribution in [0.15, 0.2) is 78.4 Å². The van der Waals surface area contributed by atoms with Crippen LogP contribution in [-0.4, -0.2) is 29.3 Å². The second-order valence-electron chi connectivity index (χ2n) is 7.28. The van der Waals surface area contributed by atoms with E-state index in [4.69, 9.17) is 16.3 Å². The molecular formula is C24H17ClN4O6. The highest BCUT2D eigenvalue weighted by atomic mass is 35.5. The predicted molar refractivity (Wildman–Crippen MR) is 129 cm³/mol. The number of para-hydroxylation sites is 2. The minimum atomic E-state index is -0.731. The number of nitro benzene ring substituents is 1. The topological polar surface area (TPSA) is 131 Å². The number of benzene rings is 3. The van der Waals surface area contributed by atoms with Crippen LogP contribution < -0.4 is 20.5 Å². The van der Waals surface area contributed by atoms with E-state index in [-0.39, 0.29) is 21.9 Å². The standard InChI is InChI=1S/C24H17ClN4O6/c25-16-11-15(12-19-23(31)27-28(24(19)32)18-9-5-2-6-10-18)22(20(13-16)29(33)34)35-14-21(30)26-17-7-3-1-4-8-17/h1-13H,14H2,(H,26,30)(H,27,31)/b19-12-. The summed E-state index contributed by atoms with van der Waals surface area (Å²) in [5.74, 6) is -2.26. The van der Waals surface area contributed by atoms with Crippen LogP contribution in [0.3, 0.4) is 0 Å². The summed E-state index contributed by atoms with van der Waals surface area (Å²) >= 11 is 6.05. The Kier molecular flexibility index (Phi) is 6.74. The number of hydrogen-bond donors (Lipinski definition) is 2. The summed E-state index contributed by atoms with van der Waals surface area (Å²) in [7, 11) is 0. The predicted octanol–water partition coefficient (Wildman–Crippen LogP) is 3.73. The van der Waals surface area contributed by atoms with Crippen molar-refractivity contribution in [2.75, 3.05) is 16.9 Å². The van der Waals surface area contributed by atoms with Gasteiger partial charge in [0.1, 0.15) is 5.57 Å². The quantitative estimate of drug-likeness (QED) is 0.224. The maximum Gasteiger partial charge on any atom is 0.313 e. The number of nitro groups is 1. The molecular weight excluding hydrogens is 476 g/mol. The van der Waals surface area contributed by atoms with Crippen molar-refractivity contribution in [3.63, 3.8) is 0 Å². The van der Waals surface area contributed by atoms with Gasteiger partial charge in [0.25, 0.3) is 17.7 Å². The number of anilines is 2. The first kappa shape index (κ1) is 23.5. The van der Waals surface area contributed by atoms with Gasteiger partial charge in [-0.05, 0) is 36.4 Å². The molecule has 3 aromatic carbocycles. The van der Waals surface area contributed by atoms with Crippen LogP contribution in [0, 0.1) is 10.1 Å². The Morgan fingerprint density at radius 1 is 1.09 bits per heavy atom. The zero-order chi connectivity index (χ0) is 24.9. The molecule has 0 bridgehead atoms. The molecule has 2 N–H and O–H groups in total. The van der Waals surface area contributed by atoms with Crippen molar-refractivity contribution in [1.82, 2.24) is 5.43 Å². The fourth-order valence-electron chi connectivity index (χ4n) is 3.33. The Bertz CT molecular complexity index is 1340. The van der Waals surface area contributed by atoms with Crippen LogP contribution in [0.1, 0.15) is 5.56 Å². The lowest BCUT2D eigenvalue weighted by molar-refractivity contribution is -0.385. The van der Waals surface area contributed by atoms with Gasteiger partial charge >= 0.3 is 5.69 Å². The summed E-state index contributed by atoms with van der Waals surface area (Å²) < 4.78 is 5.50. The fourth-order valence-corrected chi connectivity index (χ4v) is 3.55. The largest absolute Gasteiger partial charge is 0.476 e. The summed E-state index contributed by atoms with van der Waals surface area (Å²) in [6.45, 7) is -0.566. The molecule has 3 aromatic rings. The van der Waals surface area contributed by atoms with Gasteiger partial charge in [-0.2, -0.15) is 0 Å². The second-order valence-corrected chi connectivity index (χ2v) is 7.71. The Hall–Kier alpha value is -4.70. The van der Waals surface area contributed by atoms with Crippen molar-refractivity contribution in [2.24, 2.45) is 0 Å². The number of hydrazine groups is 1. The van der Waals surface area contributed by atoms with Crippen LogP contribution in [-0.2, 0) is 14.4 Å². The lowest BCUT2D eigenvalue weighted by Crippen LogP contribution is -2.35. The molecule has 0 atom stereocenters. The SMILES string of the molecule is O=C(COc1c(/C=C2/C(=O)NN(c3ccccc3)C2=O)cc(Cl)cc1[N+](=O)[O-])Nc1ccccc1. The normalized spacial score (nSPS) is 14.1. The third-order valence-corrected chi connectivity index (χ3v) is 5.09. The number of amides is 3. The molecule has 11 heteroatoms. The molecule has 0 saturated carbocycles. The first-order chi connectivity index (χ1) is 16.8. The molecule has 176 valence electrons. The molecule has 0 unspecified atom stereocenters. The van der Waals surface area contributed by atoms with Crippen molar-refractivity contribution >= 4 is 52.5 Å². The first-order valence-corrected chi connectivity index (χ1v) is 10.6. The molecule has 1 heterocycles. The molecule has 4 rings (SSSR count). The van der Waals surface area contributed by atoms with E-state index in [1.165, 1.54) is 6.07 Å². The van der Waals surface area contributed by atoms with Gasteiger partial charge in [-0.25, -0.2) is 5.01 Å². The summed E-state index contributed by atoms with van der Waals surface area (Å²) in [4.78, 5) is 48.7. The van der Waals surface area contributed by atoms with E-state index in [2.05, 4.69) is 10.7 Å². The van der Waals surface area contributed by atoms with E-state index in [9.17, 15) is 24.5 Å². The van der Waals surface area contributed by atoms with Gasteiger partial charge in [-0.15, -0.1) is 0 Å². The number of carbonyl (C=O) groups excluding carboxylic acids is 3. The highest BCUT2D eigenvalue weighted by Gasteiger charge is 2.35. The maximum atomic E-state index is 12.9. The second kappa shape index (κ2) is 10.1. The van der Waals surface area contributed by atoms with Crippen LogP contribution in [0.25, 0.3) is 6.08 Å². The average Bonchev–Trinajstić information content (AvgIpc) is 3.12. The van der Waals surface area contributed by atoms with Crippen molar-refractivity contribution in [1.29, 1.82) is 0 Å². The average molecular weight is 493 g/mol. The van der Waals surface area contributed by atoms with E-state index in [1.54, 1.807) is 60.7 Å². The van der Waals surface area contributed by atoms with Crippen molar-refractivity contribution < 1.29 is 24.0 Å². The molecule has 3 amide bonds. The molecule has 0 aromatic heterocycles. The fraction of sp³-hybridized carbons (Fsp3) is 0.0417. The number of halogens is 1. The summed E-state index contributed by atoms with van der Waals surface area (Å²) in [5.41, 5.74) is 2.57. The summed E-state index contributed by atoms with van der Waals surface area (Å²) in [6.07, 6.45) is 1.14. The molecule has 1 fully saturated rings. The Morgan fingerprint density at radius 3 is 2.40 bits per heavy atom. The Morgan fingerprint density at radius 2 is 1.74 bits per heavy atom. The van der Waals surface area contributed by atoms with Gasteiger partial charge < -0.3 is 10.1 Å². The Labute approximate surface area is 203 Å². The third-order valence-electron chi connectivity index (χ3n) is 4.87. The summed E-state index contributed by atoms with van der Waals surface area (Å²) in [6, 6.07) is 19.3. The van der Waals surface area contributed by atoms with E-state index < -0.39 is 34.9 Å². The monoisotopic (exact) mass is 492 g/mol. The van der Waals surface area contributed by atoms with Crippen LogP contribution in [0.4, 0.5) is 17.1 Å². The number of rotatable bonds is 7. The van der Waals surface area contributed by atoms with E-state index >= 15 is 0 Å². The van der Waals surface area contributed by atoms with Crippen molar-refractivity contribution in [3.8, 4) is 5.75 Å². The van der Waals surface area contributed by atoms with Gasteiger partial charge in [0.15, 0.2) is 6.61 Å². The zero-order valence-corrected chi connectivity index (χ0v) is 18.7. The van der Waals surface area contributed by atoms with Crippen molar-refractivity contribution in [2.45, 2.75) is 0 Å². The number of carbonyl (C=O) groups is 3. The van der Waals surface area contributed by atoms with Crippen molar-refractivity contribution in [3.05, 3.63) is 99.1 Å². The summed E-state index contributed by atoms with van der Waals surface area (Å²) in [5, 5.41) is 15.3. The lowest BCUT2D eigenvalue weighted by atomic mass is 10.1. The molecule has 0 radical (unpaired) electrons. The van der Waals surface area contributed by atoms with Gasteiger partial charge in [0, 0.05) is 22.3 Å². The first-order valence-electron chi connectivity index (χ1n) is 10.2. The zero-order valence-electron chi connectivity index (χ0n) is 17.9. The molecule has 10 nitrogen and oxygen atoms in total. The number of hydrogen-bond acceptors (Lipinski definition) is 6. The number of nitrogens with one attached hydrogen (secondary N) is 2. The number of ether oxygens (including phenoxy) is 1. The Balaban J connectivity index is 1.65. The molecule has 1 aliphatic heterocycles. The molecule has 35 heavy (non-hydrogen) atoms. The molecule has 0 aliphatic carbocycles. The minimum Gasteiger partial charge on any atom is -0.476 e. The smallest absolute Gasteiger partial charge is 0.313 e. The highest BCUT2D eigenvalue weighted by molar-refractivity contribution is 6.32. The number of nitrogens with zero attached hydrogens (tertiary/aromatic N) is 2. The third kappa shape index (κ3) is 5.28. The van der Waals surface area contributed by atoms with E-state index in [0.717, 1.165) is 17.2 Å². The van der Waals surface area contributed by atoms with Gasteiger partial charge in [-0.3, -0.25) is 29.9 Å². The molecule has 0 spiro atoms. The molecule has 1 aliphatic rings. The van der Waals surface area contributed by atoms with Gasteiger partial charge in [-0.1, -0.05) is 48.0 Å². The van der Waals surface area contributed by atoms with Gasteiger partial charge in [0.2, 0.25) is 5.75 Å².